The molecule has 0 bridgehead atoms. The highest BCUT2D eigenvalue weighted by Crippen LogP contribution is 2.31. The van der Waals surface area contributed by atoms with Crippen LogP contribution in [0.5, 0.6) is 0 Å². The van der Waals surface area contributed by atoms with E-state index in [-0.39, 0.29) is 0 Å². The zero-order valence-corrected chi connectivity index (χ0v) is 25.9. The molecule has 2 aromatic heterocycles. The van der Waals surface area contributed by atoms with Crippen LogP contribution in [0.3, 0.4) is 0 Å². The molecule has 0 fully saturated rings. The van der Waals surface area contributed by atoms with Crippen LogP contribution in [-0.2, 0) is 0 Å². The molecular weight excluding hydrogens is 519 g/mol. The van der Waals surface area contributed by atoms with E-state index in [0.717, 1.165) is 11.3 Å². The number of rotatable bonds is 4. The van der Waals surface area contributed by atoms with Crippen LogP contribution in [0.25, 0.3) is 33.6 Å². The van der Waals surface area contributed by atoms with Crippen LogP contribution in [0.4, 0.5) is 0 Å². The van der Waals surface area contributed by atoms with E-state index >= 15 is 0 Å². The molecule has 0 aliphatic carbocycles. The Bertz CT molecular complexity index is 1920. The third kappa shape index (κ3) is 4.18. The van der Waals surface area contributed by atoms with Crippen molar-refractivity contribution in [3.8, 4) is 33.6 Å². The summed E-state index contributed by atoms with van der Waals surface area (Å²) in [4.78, 5) is 4.55. The summed E-state index contributed by atoms with van der Waals surface area (Å²) < 4.78 is 2.64. The van der Waals surface area contributed by atoms with Crippen LogP contribution in [0, 0.1) is 41.5 Å². The second kappa shape index (κ2) is 10.2. The summed E-state index contributed by atoms with van der Waals surface area (Å²) in [6.07, 6.45) is 2.74. The van der Waals surface area contributed by atoms with Crippen LogP contribution in [0.1, 0.15) is 33.4 Å². The Hall–Kier alpha value is -4.76. The van der Waals surface area contributed by atoms with Gasteiger partial charge >= 0.3 is 6.28 Å². The molecule has 43 heavy (non-hydrogen) atoms. The summed E-state index contributed by atoms with van der Waals surface area (Å²) in [7, 11) is 0. The number of aryl methyl sites for hydroxylation is 6. The van der Waals surface area contributed by atoms with Crippen LogP contribution in [-0.4, -0.2) is 11.3 Å². The summed E-state index contributed by atoms with van der Waals surface area (Å²) in [5.74, 6) is 0. The Morgan fingerprint density at radius 2 is 1.07 bits per heavy atom. The first-order chi connectivity index (χ1) is 20.8. The van der Waals surface area contributed by atoms with Gasteiger partial charge in [0.15, 0.2) is 5.69 Å². The van der Waals surface area contributed by atoms with E-state index in [1.165, 1.54) is 72.2 Å². The number of benzene rings is 4. The minimum absolute atomic E-state index is 0.992. The molecule has 0 saturated heterocycles. The number of hydrogen-bond donors (Lipinski definition) is 0. The molecule has 7 rings (SSSR count). The van der Waals surface area contributed by atoms with Crippen molar-refractivity contribution in [2.24, 2.45) is 0 Å². The number of fused-ring (bicyclic) bond motifs is 3. The molecule has 0 amide bonds. The maximum Gasteiger partial charge on any atom is 0.362 e. The van der Waals surface area contributed by atoms with Crippen molar-refractivity contribution in [2.75, 3.05) is 0 Å². The van der Waals surface area contributed by atoms with Crippen molar-refractivity contribution in [2.45, 2.75) is 41.5 Å². The van der Waals surface area contributed by atoms with Crippen LogP contribution >= 0.6 is 0 Å². The van der Waals surface area contributed by atoms with E-state index in [1.807, 2.05) is 18.3 Å². The van der Waals surface area contributed by atoms with Crippen molar-refractivity contribution in [1.29, 1.82) is 0 Å². The van der Waals surface area contributed by atoms with E-state index in [1.54, 1.807) is 0 Å². The van der Waals surface area contributed by atoms with Crippen molar-refractivity contribution < 1.29 is 4.48 Å². The standard InChI is InChI=1S/C40H37BN2/c1-26-21-28(3)39(29(4)22-26)41(40-30(5)23-27(2)24-31(40)6)36-12-8-7-11-35(36)38-19-18-34(25-43(38)41)32-14-16-33(17-15-32)37-13-9-10-20-42-37/h7-25H,1-6H3. The fraction of sp³-hybridized carbons (Fsp3) is 0.150. The van der Waals surface area contributed by atoms with Gasteiger partial charge in [0.2, 0.25) is 0 Å². The lowest BCUT2D eigenvalue weighted by atomic mass is 9.22. The smallest absolute Gasteiger partial charge is 0.362 e. The summed E-state index contributed by atoms with van der Waals surface area (Å²) in [6, 6.07) is 38.1. The Kier molecular flexibility index (Phi) is 6.43. The predicted molar refractivity (Wildman–Crippen MR) is 182 cm³/mol. The minimum atomic E-state index is -1.53. The quantitative estimate of drug-likeness (QED) is 0.212. The molecule has 3 heteroatoms. The minimum Gasteiger partial charge on any atom is -0.408 e. The lowest BCUT2D eigenvalue weighted by Gasteiger charge is -2.39. The van der Waals surface area contributed by atoms with Gasteiger partial charge in [-0.05, 0) is 65.3 Å². The molecule has 210 valence electrons. The predicted octanol–water partition coefficient (Wildman–Crippen LogP) is 7.05. The Balaban J connectivity index is 1.55. The van der Waals surface area contributed by atoms with Crippen LogP contribution in [0.2, 0.25) is 0 Å². The highest BCUT2D eigenvalue weighted by Gasteiger charge is 2.52. The lowest BCUT2D eigenvalue weighted by Crippen LogP contribution is -2.84. The van der Waals surface area contributed by atoms with Crippen LogP contribution in [0.15, 0.2) is 116 Å². The molecule has 1 aliphatic rings. The lowest BCUT2D eigenvalue weighted by molar-refractivity contribution is -0.523. The Morgan fingerprint density at radius 1 is 0.535 bits per heavy atom. The van der Waals surface area contributed by atoms with Gasteiger partial charge in [0.05, 0.1) is 5.69 Å². The monoisotopic (exact) mass is 556 g/mol. The zero-order chi connectivity index (χ0) is 29.9. The number of hydrogen-bond acceptors (Lipinski definition) is 1. The maximum absolute atomic E-state index is 4.55. The molecule has 3 heterocycles. The molecular formula is C40H37BN2. The van der Waals surface area contributed by atoms with Gasteiger partial charge in [-0.25, -0.2) is 0 Å². The summed E-state index contributed by atoms with van der Waals surface area (Å²) in [5, 5.41) is 0. The van der Waals surface area contributed by atoms with Gasteiger partial charge in [0.25, 0.3) is 0 Å². The molecule has 1 aliphatic heterocycles. The van der Waals surface area contributed by atoms with E-state index in [4.69, 9.17) is 0 Å². The van der Waals surface area contributed by atoms with Gasteiger partial charge in [-0.3, -0.25) is 4.98 Å². The maximum atomic E-state index is 4.55. The number of pyridine rings is 2. The van der Waals surface area contributed by atoms with Gasteiger partial charge in [0, 0.05) is 29.0 Å². The van der Waals surface area contributed by atoms with Gasteiger partial charge in [-0.2, -0.15) is 0 Å². The Morgan fingerprint density at radius 3 is 1.65 bits per heavy atom. The van der Waals surface area contributed by atoms with Gasteiger partial charge in [-0.15, -0.1) is 16.4 Å². The normalized spacial score (nSPS) is 13.1. The van der Waals surface area contributed by atoms with Crippen molar-refractivity contribution in [3.63, 3.8) is 0 Å². The number of aromatic nitrogens is 2. The van der Waals surface area contributed by atoms with Gasteiger partial charge in [-0.1, -0.05) is 112 Å². The molecule has 0 atom stereocenters. The topological polar surface area (TPSA) is 16.8 Å². The molecule has 0 unspecified atom stereocenters. The second-order valence-corrected chi connectivity index (χ2v) is 12.5. The molecule has 0 N–H and O–H groups in total. The average Bonchev–Trinajstić information content (AvgIpc) is 3.27. The SMILES string of the molecule is Cc1cc(C)c([B-]2(c3c(C)cc(C)cc3C)c3ccccc3-c3ccc(-c4ccc(-c5ccccn5)cc4)c[n+]32)c(C)c1. The Labute approximate surface area is 255 Å². The van der Waals surface area contributed by atoms with Gasteiger partial charge in [0.1, 0.15) is 6.20 Å². The van der Waals surface area contributed by atoms with E-state index < -0.39 is 6.28 Å². The first-order valence-electron chi connectivity index (χ1n) is 15.3. The first kappa shape index (κ1) is 27.1. The third-order valence-corrected chi connectivity index (χ3v) is 9.57. The molecule has 0 spiro atoms. The highest BCUT2D eigenvalue weighted by atomic mass is 14.9. The largest absolute Gasteiger partial charge is 0.408 e. The highest BCUT2D eigenvalue weighted by molar-refractivity contribution is 7.07. The first-order valence-corrected chi connectivity index (χ1v) is 15.3. The van der Waals surface area contributed by atoms with E-state index in [0.29, 0.717) is 0 Å². The van der Waals surface area contributed by atoms with Crippen molar-refractivity contribution >= 4 is 22.7 Å². The van der Waals surface area contributed by atoms with Crippen molar-refractivity contribution in [1.82, 2.24) is 4.98 Å². The molecule has 4 aromatic carbocycles. The van der Waals surface area contributed by atoms with E-state index in [2.05, 4.69) is 148 Å². The molecule has 2 nitrogen and oxygen atoms in total. The summed E-state index contributed by atoms with van der Waals surface area (Å²) in [5.41, 5.74) is 19.4. The third-order valence-electron chi connectivity index (χ3n) is 9.57. The fourth-order valence-corrected chi connectivity index (χ4v) is 8.28. The zero-order valence-electron chi connectivity index (χ0n) is 25.9. The van der Waals surface area contributed by atoms with Crippen molar-refractivity contribution in [3.05, 3.63) is 149 Å². The average molecular weight is 557 g/mol. The summed E-state index contributed by atoms with van der Waals surface area (Å²) >= 11 is 0. The summed E-state index contributed by atoms with van der Waals surface area (Å²) in [6.45, 7) is 13.6. The van der Waals surface area contributed by atoms with Crippen LogP contribution < -0.4 is 20.9 Å². The fourth-order valence-electron chi connectivity index (χ4n) is 8.28. The second-order valence-electron chi connectivity index (χ2n) is 12.5. The molecule has 0 saturated carbocycles. The molecule has 0 radical (unpaired) electrons. The number of nitrogens with zero attached hydrogens (tertiary/aromatic N) is 2. The molecule has 6 aromatic rings. The van der Waals surface area contributed by atoms with E-state index in [9.17, 15) is 0 Å². The van der Waals surface area contributed by atoms with Gasteiger partial charge < -0.3 is 4.48 Å².